The van der Waals surface area contributed by atoms with Gasteiger partial charge < -0.3 is 14.6 Å². The second-order valence-electron chi connectivity index (χ2n) is 11.6. The number of hydrogen-bond acceptors (Lipinski definition) is 5. The van der Waals surface area contributed by atoms with E-state index in [-0.39, 0.29) is 46.5 Å². The molecule has 1 amide bonds. The highest BCUT2D eigenvalue weighted by Gasteiger charge is 2.51. The summed E-state index contributed by atoms with van der Waals surface area (Å²) in [5.41, 5.74) is -0.169. The molecule has 1 aromatic heterocycles. The summed E-state index contributed by atoms with van der Waals surface area (Å²) in [6, 6.07) is 9.05. The van der Waals surface area contributed by atoms with Crippen molar-refractivity contribution in [1.29, 1.82) is 0 Å². The minimum absolute atomic E-state index is 0.0513. The van der Waals surface area contributed by atoms with Crippen molar-refractivity contribution in [2.24, 2.45) is 0 Å². The summed E-state index contributed by atoms with van der Waals surface area (Å²) in [5, 5.41) is 9.36. The number of carboxylic acids is 1. The third-order valence-corrected chi connectivity index (χ3v) is 8.65. The first kappa shape index (κ1) is 32.8. The average Bonchev–Trinajstić information content (AvgIpc) is 3.60. The number of carbonyl (C=O) groups is 2. The van der Waals surface area contributed by atoms with Crippen molar-refractivity contribution >= 4 is 12.1 Å². The van der Waals surface area contributed by atoms with Crippen LogP contribution in [0.25, 0.3) is 22.3 Å². The lowest BCUT2D eigenvalue weighted by atomic mass is 9.90. The number of amides is 1. The molecule has 2 saturated heterocycles. The average molecular weight is 675 g/mol. The van der Waals surface area contributed by atoms with E-state index in [9.17, 15) is 45.4 Å². The maximum absolute atomic E-state index is 14.3. The summed E-state index contributed by atoms with van der Waals surface area (Å²) in [4.78, 5) is 30.3. The largest absolute Gasteiger partial charge is 0.481 e. The predicted molar refractivity (Wildman–Crippen MR) is 157 cm³/mol. The lowest BCUT2D eigenvalue weighted by molar-refractivity contribution is -0.138. The number of halogens is 7. The predicted octanol–water partition coefficient (Wildman–Crippen LogP) is 9.00. The molecular formula is C34H25F7N2O5. The number of rotatable bonds is 6. The first-order chi connectivity index (χ1) is 22.6. The van der Waals surface area contributed by atoms with Crippen molar-refractivity contribution in [1.82, 2.24) is 9.88 Å². The Morgan fingerprint density at radius 2 is 1.62 bits per heavy atom. The van der Waals surface area contributed by atoms with E-state index in [1.165, 1.54) is 36.4 Å². The number of aromatic carboxylic acids is 1. The number of carbonyl (C=O) groups excluding carboxylic acids is 1. The summed E-state index contributed by atoms with van der Waals surface area (Å²) in [5.74, 6) is -2.25. The minimum Gasteiger partial charge on any atom is -0.481 e. The molecule has 250 valence electrons. The van der Waals surface area contributed by atoms with Crippen LogP contribution in [0.4, 0.5) is 35.5 Å². The van der Waals surface area contributed by atoms with Crippen LogP contribution in [-0.4, -0.2) is 40.2 Å². The van der Waals surface area contributed by atoms with Gasteiger partial charge in [0.05, 0.1) is 35.9 Å². The first-order valence-electron chi connectivity index (χ1n) is 14.5. The van der Waals surface area contributed by atoms with Crippen LogP contribution in [-0.2, 0) is 17.1 Å². The second kappa shape index (κ2) is 11.8. The fourth-order valence-electron chi connectivity index (χ4n) is 6.52. The van der Waals surface area contributed by atoms with Crippen molar-refractivity contribution in [3.05, 3.63) is 106 Å². The van der Waals surface area contributed by atoms with Gasteiger partial charge in [-0.2, -0.15) is 26.3 Å². The van der Waals surface area contributed by atoms with Crippen LogP contribution in [0.2, 0.25) is 0 Å². The second-order valence-corrected chi connectivity index (χ2v) is 11.6. The number of pyridine rings is 1. The van der Waals surface area contributed by atoms with E-state index in [0.717, 1.165) is 18.2 Å². The fourth-order valence-corrected chi connectivity index (χ4v) is 6.52. The number of benzene rings is 3. The van der Waals surface area contributed by atoms with Gasteiger partial charge in [0.15, 0.2) is 0 Å². The molecule has 14 heteroatoms. The lowest BCUT2D eigenvalue weighted by Gasteiger charge is -2.26. The first-order valence-corrected chi connectivity index (χ1v) is 14.5. The Hall–Kier alpha value is -5.14. The smallest absolute Gasteiger partial charge is 0.416 e. The molecule has 2 aliphatic heterocycles. The van der Waals surface area contributed by atoms with Gasteiger partial charge in [-0.3, -0.25) is 4.90 Å². The molecule has 0 unspecified atom stereocenters. The zero-order valence-corrected chi connectivity index (χ0v) is 25.1. The molecule has 0 radical (unpaired) electrons. The van der Waals surface area contributed by atoms with Crippen LogP contribution in [0.1, 0.15) is 63.2 Å². The molecule has 2 fully saturated rings. The van der Waals surface area contributed by atoms with E-state index < -0.39 is 59.5 Å². The maximum atomic E-state index is 14.3. The summed E-state index contributed by atoms with van der Waals surface area (Å²) < 4.78 is 108. The molecular weight excluding hydrogens is 649 g/mol. The van der Waals surface area contributed by atoms with E-state index in [4.69, 9.17) is 9.47 Å². The Morgan fingerprint density at radius 1 is 0.917 bits per heavy atom. The third-order valence-electron chi connectivity index (χ3n) is 8.65. The molecule has 0 saturated carbocycles. The van der Waals surface area contributed by atoms with Crippen LogP contribution < -0.4 is 4.74 Å². The number of methoxy groups -OCH3 is 1. The third kappa shape index (κ3) is 5.90. The van der Waals surface area contributed by atoms with Gasteiger partial charge in [0, 0.05) is 17.3 Å². The number of fused-ring (bicyclic) bond motifs is 1. The molecule has 0 spiro atoms. The highest BCUT2D eigenvalue weighted by molar-refractivity contribution is 5.89. The number of nitrogens with zero attached hydrogens (tertiary/aromatic N) is 2. The molecule has 2 aliphatic rings. The van der Waals surface area contributed by atoms with Crippen molar-refractivity contribution in [3.8, 4) is 28.1 Å². The standard InChI is InChI=1S/C34H25F7N2O5/c1-16-9-17(31(44)45)3-5-23(16)19-12-26(30(47-2)42-15-19)24-6-4-20(33(36,37)38)14-25(24)27-7-8-28-29(48-32(46)43(27)28)18-10-21(34(39,40)41)13-22(35)11-18/h3-6,9-15,27-29H,7-8H2,1-2H3,(H,44,45)/t27-,28-,29+/m0/s1. The Kier molecular flexibility index (Phi) is 8.08. The van der Waals surface area contributed by atoms with Crippen molar-refractivity contribution in [2.45, 2.75) is 50.3 Å². The number of aromatic nitrogens is 1. The summed E-state index contributed by atoms with van der Waals surface area (Å²) >= 11 is 0. The van der Waals surface area contributed by atoms with Gasteiger partial charge in [-0.15, -0.1) is 0 Å². The quantitative estimate of drug-likeness (QED) is 0.206. The van der Waals surface area contributed by atoms with Gasteiger partial charge in [0.1, 0.15) is 11.9 Å². The number of alkyl halides is 6. The molecule has 4 aromatic rings. The molecule has 7 nitrogen and oxygen atoms in total. The number of cyclic esters (lactones) is 1. The number of ether oxygens (including phenoxy) is 2. The van der Waals surface area contributed by atoms with Crippen LogP contribution in [0.3, 0.4) is 0 Å². The fraction of sp³-hybridized carbons (Fsp3) is 0.265. The van der Waals surface area contributed by atoms with Crippen molar-refractivity contribution in [2.75, 3.05) is 7.11 Å². The molecule has 3 atom stereocenters. The maximum Gasteiger partial charge on any atom is 0.416 e. The van der Waals surface area contributed by atoms with Crippen molar-refractivity contribution < 1.29 is 54.9 Å². The van der Waals surface area contributed by atoms with E-state index in [1.54, 1.807) is 19.1 Å². The topological polar surface area (TPSA) is 89.0 Å². The van der Waals surface area contributed by atoms with Crippen LogP contribution in [0, 0.1) is 12.7 Å². The Morgan fingerprint density at radius 3 is 2.27 bits per heavy atom. The zero-order valence-electron chi connectivity index (χ0n) is 25.1. The van der Waals surface area contributed by atoms with Gasteiger partial charge in [-0.25, -0.2) is 19.0 Å². The molecule has 48 heavy (non-hydrogen) atoms. The lowest BCUT2D eigenvalue weighted by Crippen LogP contribution is -2.31. The Balaban J connectivity index is 1.46. The van der Waals surface area contributed by atoms with Crippen LogP contribution >= 0.6 is 0 Å². The number of hydrogen-bond donors (Lipinski definition) is 1. The van der Waals surface area contributed by atoms with Crippen LogP contribution in [0.5, 0.6) is 5.88 Å². The van der Waals surface area contributed by atoms with Gasteiger partial charge in [-0.05, 0) is 96.1 Å². The minimum atomic E-state index is -4.87. The van der Waals surface area contributed by atoms with Crippen molar-refractivity contribution in [3.63, 3.8) is 0 Å². The summed E-state index contributed by atoms with van der Waals surface area (Å²) in [6.45, 7) is 1.69. The number of carboxylic acid groups (broad SMARTS) is 1. The number of aryl methyl sites for hydroxylation is 1. The normalized spacial score (nSPS) is 19.3. The molecule has 3 aromatic carbocycles. The van der Waals surface area contributed by atoms with E-state index in [2.05, 4.69) is 4.98 Å². The Labute approximate surface area is 268 Å². The zero-order chi connectivity index (χ0) is 34.7. The Bertz CT molecular complexity index is 1940. The molecule has 6 rings (SSSR count). The monoisotopic (exact) mass is 674 g/mol. The van der Waals surface area contributed by atoms with E-state index >= 15 is 0 Å². The summed E-state index contributed by atoms with van der Waals surface area (Å²) in [6.07, 6.45) is -10.2. The van der Waals surface area contributed by atoms with E-state index in [0.29, 0.717) is 28.8 Å². The molecule has 0 bridgehead atoms. The highest BCUT2D eigenvalue weighted by Crippen LogP contribution is 2.51. The van der Waals surface area contributed by atoms with E-state index in [1.807, 2.05) is 0 Å². The summed E-state index contributed by atoms with van der Waals surface area (Å²) in [7, 11) is 1.32. The highest BCUT2D eigenvalue weighted by atomic mass is 19.4. The molecule has 1 N–H and O–H groups in total. The van der Waals surface area contributed by atoms with Gasteiger partial charge >= 0.3 is 24.4 Å². The SMILES string of the molecule is COc1ncc(-c2ccc(C(=O)O)cc2C)cc1-c1ccc(C(F)(F)F)cc1[C@@H]1CC[C@H]2[C@@H](c3cc(F)cc(C(F)(F)F)c3)OC(=O)N12. The van der Waals surface area contributed by atoms with Gasteiger partial charge in [-0.1, -0.05) is 12.1 Å². The molecule has 3 heterocycles. The van der Waals surface area contributed by atoms with Crippen LogP contribution in [0.15, 0.2) is 66.9 Å². The molecule has 0 aliphatic carbocycles. The van der Waals surface area contributed by atoms with Gasteiger partial charge in [0.25, 0.3) is 0 Å². The van der Waals surface area contributed by atoms with Gasteiger partial charge in [0.2, 0.25) is 5.88 Å².